The van der Waals surface area contributed by atoms with Gasteiger partial charge in [0.25, 0.3) is 0 Å². The highest BCUT2D eigenvalue weighted by molar-refractivity contribution is 6.07. The van der Waals surface area contributed by atoms with Crippen molar-refractivity contribution < 1.29 is 9.84 Å². The molecule has 0 bridgehead atoms. The second kappa shape index (κ2) is 8.01. The number of aromatic nitrogens is 1. The molecule has 1 heterocycles. The number of methoxy groups -OCH3 is 1. The molecule has 144 valence electrons. The number of para-hydroxylation sites is 2. The first-order chi connectivity index (χ1) is 13.2. The molecule has 2 aromatic carbocycles. The van der Waals surface area contributed by atoms with E-state index in [0.29, 0.717) is 25.2 Å². The van der Waals surface area contributed by atoms with Crippen LogP contribution < -0.4 is 0 Å². The average Bonchev–Trinajstić information content (AvgIpc) is 3.02. The minimum atomic E-state index is -0.405. The van der Waals surface area contributed by atoms with E-state index >= 15 is 0 Å². The van der Waals surface area contributed by atoms with Crippen LogP contribution in [-0.4, -0.2) is 53.5 Å². The number of hydrogen-bond donors (Lipinski definition) is 1. The lowest BCUT2D eigenvalue weighted by atomic mass is 9.92. The van der Waals surface area contributed by atoms with Crippen molar-refractivity contribution in [1.29, 1.82) is 0 Å². The quantitative estimate of drug-likeness (QED) is 0.715. The van der Waals surface area contributed by atoms with Crippen LogP contribution in [0.15, 0.2) is 48.5 Å². The number of aliphatic hydroxyl groups is 1. The minimum Gasteiger partial charge on any atom is -0.390 e. The molecule has 27 heavy (non-hydrogen) atoms. The zero-order chi connectivity index (χ0) is 18.8. The summed E-state index contributed by atoms with van der Waals surface area (Å²) in [4.78, 5) is 2.32. The van der Waals surface area contributed by atoms with Crippen LogP contribution in [0.1, 0.15) is 25.7 Å². The smallest absolute Gasteiger partial charge is 0.0845 e. The van der Waals surface area contributed by atoms with Crippen molar-refractivity contribution in [1.82, 2.24) is 9.47 Å². The van der Waals surface area contributed by atoms with Crippen LogP contribution in [0.5, 0.6) is 0 Å². The summed E-state index contributed by atoms with van der Waals surface area (Å²) in [7, 11) is 3.95. The summed E-state index contributed by atoms with van der Waals surface area (Å²) < 4.78 is 7.83. The zero-order valence-corrected chi connectivity index (χ0v) is 16.3. The first-order valence-corrected chi connectivity index (χ1v) is 10.0. The molecule has 1 aromatic heterocycles. The van der Waals surface area contributed by atoms with Crippen LogP contribution in [0.3, 0.4) is 0 Å². The van der Waals surface area contributed by atoms with Gasteiger partial charge in [-0.25, -0.2) is 0 Å². The highest BCUT2D eigenvalue weighted by Gasteiger charge is 2.26. The minimum absolute atomic E-state index is 0.362. The van der Waals surface area contributed by atoms with Crippen LogP contribution >= 0.6 is 0 Å². The molecule has 1 aliphatic carbocycles. The van der Waals surface area contributed by atoms with Gasteiger partial charge in [0.2, 0.25) is 0 Å². The molecule has 3 aromatic rings. The van der Waals surface area contributed by atoms with Crippen LogP contribution in [0.2, 0.25) is 0 Å². The molecule has 1 fully saturated rings. The summed E-state index contributed by atoms with van der Waals surface area (Å²) in [6.07, 6.45) is 4.58. The number of nitrogens with zero attached hydrogens (tertiary/aromatic N) is 2. The molecule has 0 radical (unpaired) electrons. The fourth-order valence-corrected chi connectivity index (χ4v) is 4.68. The average molecular weight is 367 g/mol. The standard InChI is InChI=1S/C23H30N2O2/c1-24(17-8-7-9-19(14-17)27-2)15-18(26)16-25-22-12-5-3-10-20(22)21-11-4-6-13-23(21)25/h3-6,10-13,17-19,26H,7-9,14-16H2,1-2H3. The molecule has 0 amide bonds. The van der Waals surface area contributed by atoms with Crippen molar-refractivity contribution in [2.24, 2.45) is 0 Å². The topological polar surface area (TPSA) is 37.6 Å². The van der Waals surface area contributed by atoms with Crippen LogP contribution in [0, 0.1) is 0 Å². The van der Waals surface area contributed by atoms with Crippen molar-refractivity contribution in [3.63, 3.8) is 0 Å². The molecule has 0 aliphatic heterocycles. The number of benzene rings is 2. The number of ether oxygens (including phenoxy) is 1. The first kappa shape index (κ1) is 18.5. The number of hydrogen-bond acceptors (Lipinski definition) is 3. The van der Waals surface area contributed by atoms with Gasteiger partial charge in [0, 0.05) is 41.5 Å². The van der Waals surface area contributed by atoms with Gasteiger partial charge in [-0.05, 0) is 44.9 Å². The largest absolute Gasteiger partial charge is 0.390 e. The summed E-state index contributed by atoms with van der Waals surface area (Å²) in [6.45, 7) is 1.29. The summed E-state index contributed by atoms with van der Waals surface area (Å²) in [5.74, 6) is 0. The Bertz CT molecular complexity index is 850. The fraction of sp³-hybridized carbons (Fsp3) is 0.478. The van der Waals surface area contributed by atoms with Gasteiger partial charge in [0.1, 0.15) is 0 Å². The van der Waals surface area contributed by atoms with Crippen LogP contribution in [0.25, 0.3) is 21.8 Å². The van der Waals surface area contributed by atoms with Gasteiger partial charge in [-0.15, -0.1) is 0 Å². The maximum atomic E-state index is 10.9. The summed E-state index contributed by atoms with van der Waals surface area (Å²) >= 11 is 0. The second-order valence-electron chi connectivity index (χ2n) is 7.92. The van der Waals surface area contributed by atoms with E-state index in [-0.39, 0.29) is 0 Å². The Morgan fingerprint density at radius 3 is 2.33 bits per heavy atom. The predicted octanol–water partition coefficient (Wildman–Crippen LogP) is 4.04. The van der Waals surface area contributed by atoms with E-state index in [1.165, 1.54) is 34.6 Å². The molecular weight excluding hydrogens is 336 g/mol. The second-order valence-corrected chi connectivity index (χ2v) is 7.92. The van der Waals surface area contributed by atoms with Crippen molar-refractivity contribution >= 4 is 21.8 Å². The third-order valence-electron chi connectivity index (χ3n) is 6.13. The fourth-order valence-electron chi connectivity index (χ4n) is 4.68. The van der Waals surface area contributed by atoms with Crippen molar-refractivity contribution in [3.05, 3.63) is 48.5 Å². The van der Waals surface area contributed by atoms with Crippen molar-refractivity contribution in [3.8, 4) is 0 Å². The van der Waals surface area contributed by atoms with E-state index in [2.05, 4.69) is 65.0 Å². The lowest BCUT2D eigenvalue weighted by molar-refractivity contribution is 0.0196. The molecule has 3 unspecified atom stereocenters. The SMILES string of the molecule is COC1CCCC(N(C)CC(O)Cn2c3ccccc3c3ccccc32)C1. The Morgan fingerprint density at radius 1 is 1.07 bits per heavy atom. The third-order valence-corrected chi connectivity index (χ3v) is 6.13. The summed E-state index contributed by atoms with van der Waals surface area (Å²) in [5.41, 5.74) is 2.38. The van der Waals surface area contributed by atoms with Gasteiger partial charge < -0.3 is 19.3 Å². The molecule has 0 saturated heterocycles. The lowest BCUT2D eigenvalue weighted by Gasteiger charge is -2.35. The van der Waals surface area contributed by atoms with E-state index in [9.17, 15) is 5.11 Å². The molecule has 1 saturated carbocycles. The van der Waals surface area contributed by atoms with Gasteiger partial charge >= 0.3 is 0 Å². The first-order valence-electron chi connectivity index (χ1n) is 10.0. The Morgan fingerprint density at radius 2 is 1.70 bits per heavy atom. The molecule has 1 N–H and O–H groups in total. The van der Waals surface area contributed by atoms with E-state index in [4.69, 9.17) is 4.74 Å². The summed E-state index contributed by atoms with van der Waals surface area (Å²) in [5, 5.41) is 13.4. The molecule has 4 nitrogen and oxygen atoms in total. The molecular formula is C23H30N2O2. The normalized spacial score (nSPS) is 21.9. The monoisotopic (exact) mass is 366 g/mol. The summed E-state index contributed by atoms with van der Waals surface area (Å²) in [6, 6.07) is 17.4. The Balaban J connectivity index is 1.51. The molecule has 4 heteroatoms. The molecule has 0 spiro atoms. The van der Waals surface area contributed by atoms with Crippen molar-refractivity contribution in [2.75, 3.05) is 20.7 Å². The number of fused-ring (bicyclic) bond motifs is 3. The van der Waals surface area contributed by atoms with Crippen molar-refractivity contribution in [2.45, 2.75) is 50.5 Å². The van der Waals surface area contributed by atoms with Gasteiger partial charge in [0.05, 0.1) is 18.8 Å². The molecule has 1 aliphatic rings. The number of aliphatic hydroxyl groups excluding tert-OH is 1. The molecule has 3 atom stereocenters. The molecule has 4 rings (SSSR count). The Hall–Kier alpha value is -1.88. The van der Waals surface area contributed by atoms with E-state index < -0.39 is 6.10 Å². The Kier molecular flexibility index (Phi) is 5.48. The lowest BCUT2D eigenvalue weighted by Crippen LogP contribution is -2.42. The number of likely N-dealkylation sites (N-methyl/N-ethyl adjacent to an activating group) is 1. The van der Waals surface area contributed by atoms with E-state index in [1.54, 1.807) is 0 Å². The Labute approximate surface area is 161 Å². The maximum Gasteiger partial charge on any atom is 0.0845 e. The van der Waals surface area contributed by atoms with Crippen LogP contribution in [0.4, 0.5) is 0 Å². The van der Waals surface area contributed by atoms with Gasteiger partial charge in [-0.1, -0.05) is 36.4 Å². The van der Waals surface area contributed by atoms with Crippen LogP contribution in [-0.2, 0) is 11.3 Å². The van der Waals surface area contributed by atoms with E-state index in [1.807, 2.05) is 7.11 Å². The zero-order valence-electron chi connectivity index (χ0n) is 16.3. The highest BCUT2D eigenvalue weighted by Crippen LogP contribution is 2.29. The van der Waals surface area contributed by atoms with Gasteiger partial charge in [-0.2, -0.15) is 0 Å². The van der Waals surface area contributed by atoms with E-state index in [0.717, 1.165) is 12.8 Å². The van der Waals surface area contributed by atoms with Gasteiger partial charge in [-0.3, -0.25) is 0 Å². The highest BCUT2D eigenvalue weighted by atomic mass is 16.5. The van der Waals surface area contributed by atoms with Gasteiger partial charge in [0.15, 0.2) is 0 Å². The third kappa shape index (κ3) is 3.75. The maximum absolute atomic E-state index is 10.9. The predicted molar refractivity (Wildman–Crippen MR) is 111 cm³/mol. The number of rotatable bonds is 6.